The van der Waals surface area contributed by atoms with Gasteiger partial charge in [0.2, 0.25) is 0 Å². The van der Waals surface area contributed by atoms with Crippen molar-refractivity contribution < 1.29 is 18.3 Å². The standard InChI is InChI=1S/C29H32F2N8O2/c1-19-7-8-22(35-28(40)20-5-4-6-21(13-20)29(2,30)31)14-24(19)36-27-15-23(17-38-9-11-41-12-10-38)37-39(27)26-16-25(32-3)33-18-34-26/h4-8,13-16,18,36H,9-12,17H2,1-3H3,(H,35,40)(H,32,33,34). The molecule has 4 aromatic rings. The number of nitrogens with zero attached hydrogens (tertiary/aromatic N) is 5. The highest BCUT2D eigenvalue weighted by atomic mass is 19.3. The van der Waals surface area contributed by atoms with E-state index in [1.807, 2.05) is 19.1 Å². The first kappa shape index (κ1) is 28.1. The van der Waals surface area contributed by atoms with Crippen LogP contribution in [0.5, 0.6) is 0 Å². The highest BCUT2D eigenvalue weighted by Crippen LogP contribution is 2.29. The molecule has 1 amide bonds. The van der Waals surface area contributed by atoms with Crippen LogP contribution >= 0.6 is 0 Å². The SMILES string of the molecule is CNc1cc(-n2nc(CN3CCOCC3)cc2Nc2cc(NC(=O)c3cccc(C(C)(F)F)c3)ccc2C)ncn1. The molecule has 214 valence electrons. The minimum Gasteiger partial charge on any atom is -0.379 e. The third kappa shape index (κ3) is 6.84. The topological polar surface area (TPSA) is 109 Å². The van der Waals surface area contributed by atoms with Gasteiger partial charge in [-0.2, -0.15) is 9.78 Å². The van der Waals surface area contributed by atoms with Crippen molar-refractivity contribution in [3.63, 3.8) is 0 Å². The number of carbonyl (C=O) groups excluding carboxylic acids is 1. The van der Waals surface area contributed by atoms with E-state index in [1.54, 1.807) is 29.9 Å². The van der Waals surface area contributed by atoms with Gasteiger partial charge in [-0.05, 0) is 36.8 Å². The van der Waals surface area contributed by atoms with Crippen LogP contribution in [-0.2, 0) is 17.2 Å². The summed E-state index contributed by atoms with van der Waals surface area (Å²) in [5.41, 5.74) is 2.96. The molecule has 1 aliphatic rings. The first-order valence-corrected chi connectivity index (χ1v) is 13.3. The maximum absolute atomic E-state index is 13.8. The van der Waals surface area contributed by atoms with Crippen LogP contribution in [0, 0.1) is 6.92 Å². The van der Waals surface area contributed by atoms with Crippen LogP contribution in [0.2, 0.25) is 0 Å². The smallest absolute Gasteiger partial charge is 0.270 e. The lowest BCUT2D eigenvalue weighted by Crippen LogP contribution is -2.35. The van der Waals surface area contributed by atoms with E-state index in [-0.39, 0.29) is 11.1 Å². The number of morpholine rings is 1. The van der Waals surface area contributed by atoms with E-state index in [0.717, 1.165) is 37.0 Å². The van der Waals surface area contributed by atoms with E-state index in [4.69, 9.17) is 9.84 Å². The number of aromatic nitrogens is 4. The number of nitrogens with one attached hydrogen (secondary N) is 3. The van der Waals surface area contributed by atoms with E-state index < -0.39 is 11.8 Å². The van der Waals surface area contributed by atoms with Crippen LogP contribution in [-0.4, -0.2) is 63.9 Å². The van der Waals surface area contributed by atoms with Crippen molar-refractivity contribution in [2.24, 2.45) is 0 Å². The normalized spacial score (nSPS) is 14.1. The highest BCUT2D eigenvalue weighted by Gasteiger charge is 2.25. The van der Waals surface area contributed by atoms with Crippen molar-refractivity contribution in [3.05, 3.63) is 83.3 Å². The van der Waals surface area contributed by atoms with Crippen LogP contribution in [0.25, 0.3) is 5.82 Å². The quantitative estimate of drug-likeness (QED) is 0.263. The van der Waals surface area contributed by atoms with E-state index in [1.165, 1.54) is 30.6 Å². The molecule has 2 aromatic heterocycles. The monoisotopic (exact) mass is 562 g/mol. The predicted molar refractivity (Wildman–Crippen MR) is 153 cm³/mol. The molecule has 1 aliphatic heterocycles. The third-order valence-electron chi connectivity index (χ3n) is 6.76. The molecule has 3 N–H and O–H groups in total. The Labute approximate surface area is 236 Å². The van der Waals surface area contributed by atoms with Gasteiger partial charge in [-0.3, -0.25) is 9.69 Å². The molecule has 1 saturated heterocycles. The lowest BCUT2D eigenvalue weighted by atomic mass is 10.1. The number of alkyl halides is 2. The number of anilines is 4. The Balaban J connectivity index is 1.42. The van der Waals surface area contributed by atoms with E-state index in [9.17, 15) is 13.6 Å². The Bertz CT molecular complexity index is 1530. The van der Waals surface area contributed by atoms with E-state index >= 15 is 0 Å². The second-order valence-electron chi connectivity index (χ2n) is 9.91. The van der Waals surface area contributed by atoms with Crippen molar-refractivity contribution >= 4 is 28.9 Å². The van der Waals surface area contributed by atoms with Crippen LogP contribution in [0.15, 0.2) is 60.9 Å². The molecule has 12 heteroatoms. The average Bonchev–Trinajstić information content (AvgIpc) is 3.36. The number of ether oxygens (including phenoxy) is 1. The molecule has 0 saturated carbocycles. The van der Waals surface area contributed by atoms with Gasteiger partial charge in [0.15, 0.2) is 5.82 Å². The van der Waals surface area contributed by atoms with E-state index in [0.29, 0.717) is 42.9 Å². The van der Waals surface area contributed by atoms with Gasteiger partial charge in [-0.15, -0.1) is 0 Å². The minimum absolute atomic E-state index is 0.147. The summed E-state index contributed by atoms with van der Waals surface area (Å²) in [5.74, 6) is -1.62. The van der Waals surface area contributed by atoms with Gasteiger partial charge in [0.25, 0.3) is 11.8 Å². The maximum Gasteiger partial charge on any atom is 0.270 e. The number of rotatable bonds is 9. The molecule has 5 rings (SSSR count). The molecule has 0 spiro atoms. The molecular formula is C29H32F2N8O2. The van der Waals surface area contributed by atoms with Crippen molar-refractivity contribution in [1.82, 2.24) is 24.6 Å². The lowest BCUT2D eigenvalue weighted by molar-refractivity contribution is 0.0174. The van der Waals surface area contributed by atoms with Gasteiger partial charge in [-0.1, -0.05) is 18.2 Å². The molecule has 0 bridgehead atoms. The molecule has 3 heterocycles. The molecule has 2 aromatic carbocycles. The number of carbonyl (C=O) groups is 1. The van der Waals surface area contributed by atoms with Crippen LogP contribution in [0.4, 0.5) is 31.8 Å². The van der Waals surface area contributed by atoms with Crippen molar-refractivity contribution in [2.45, 2.75) is 26.3 Å². The second-order valence-corrected chi connectivity index (χ2v) is 9.91. The second kappa shape index (κ2) is 12.0. The zero-order valence-electron chi connectivity index (χ0n) is 23.1. The molecule has 41 heavy (non-hydrogen) atoms. The number of halogens is 2. The lowest BCUT2D eigenvalue weighted by Gasteiger charge is -2.25. The Hall–Kier alpha value is -4.42. The van der Waals surface area contributed by atoms with Crippen molar-refractivity contribution in [2.75, 3.05) is 49.3 Å². The fourth-order valence-corrected chi connectivity index (χ4v) is 4.47. The fourth-order valence-electron chi connectivity index (χ4n) is 4.47. The van der Waals surface area contributed by atoms with Crippen molar-refractivity contribution in [3.8, 4) is 5.82 Å². The molecule has 10 nitrogen and oxygen atoms in total. The van der Waals surface area contributed by atoms with Crippen LogP contribution in [0.3, 0.4) is 0 Å². The number of benzene rings is 2. The number of hydrogen-bond acceptors (Lipinski definition) is 8. The molecule has 0 radical (unpaired) electrons. The molecule has 1 fully saturated rings. The van der Waals surface area contributed by atoms with Gasteiger partial charge < -0.3 is 20.7 Å². The Morgan fingerprint density at radius 3 is 2.63 bits per heavy atom. The third-order valence-corrected chi connectivity index (χ3v) is 6.76. The highest BCUT2D eigenvalue weighted by molar-refractivity contribution is 6.04. The minimum atomic E-state index is -3.04. The van der Waals surface area contributed by atoms with E-state index in [2.05, 4.69) is 30.8 Å². The number of aryl methyl sites for hydroxylation is 1. The zero-order chi connectivity index (χ0) is 29.0. The summed E-state index contributed by atoms with van der Waals surface area (Å²) in [6.07, 6.45) is 1.47. The van der Waals surface area contributed by atoms with Crippen LogP contribution in [0.1, 0.15) is 34.1 Å². The first-order chi connectivity index (χ1) is 19.7. The van der Waals surface area contributed by atoms with Crippen molar-refractivity contribution in [1.29, 1.82) is 0 Å². The largest absolute Gasteiger partial charge is 0.379 e. The van der Waals surface area contributed by atoms with Gasteiger partial charge in [0.1, 0.15) is 18.0 Å². The summed E-state index contributed by atoms with van der Waals surface area (Å²) in [6.45, 7) is 6.43. The zero-order valence-corrected chi connectivity index (χ0v) is 23.1. The summed E-state index contributed by atoms with van der Waals surface area (Å²) >= 11 is 0. The summed E-state index contributed by atoms with van der Waals surface area (Å²) in [5, 5.41) is 14.1. The molecule has 0 aliphatic carbocycles. The van der Waals surface area contributed by atoms with Gasteiger partial charge >= 0.3 is 0 Å². The molecular weight excluding hydrogens is 530 g/mol. The van der Waals surface area contributed by atoms with Gasteiger partial charge in [0, 0.05) is 68.2 Å². The average molecular weight is 563 g/mol. The Morgan fingerprint density at radius 1 is 1.07 bits per heavy atom. The summed E-state index contributed by atoms with van der Waals surface area (Å²) < 4.78 is 34.8. The Kier molecular flexibility index (Phi) is 8.22. The maximum atomic E-state index is 13.8. The molecule has 0 atom stereocenters. The molecule has 0 unspecified atom stereocenters. The Morgan fingerprint density at radius 2 is 1.88 bits per heavy atom. The first-order valence-electron chi connectivity index (χ1n) is 13.3. The van der Waals surface area contributed by atoms with Gasteiger partial charge in [0.05, 0.1) is 18.9 Å². The number of amides is 1. The fraction of sp³-hybridized carbons (Fsp3) is 0.310. The number of hydrogen-bond donors (Lipinski definition) is 3. The summed E-state index contributed by atoms with van der Waals surface area (Å²) in [4.78, 5) is 23.8. The summed E-state index contributed by atoms with van der Waals surface area (Å²) in [7, 11) is 1.78. The summed E-state index contributed by atoms with van der Waals surface area (Å²) in [6, 6.07) is 14.7. The predicted octanol–water partition coefficient (Wildman–Crippen LogP) is 4.95. The van der Waals surface area contributed by atoms with Gasteiger partial charge in [-0.25, -0.2) is 18.7 Å². The van der Waals surface area contributed by atoms with Crippen LogP contribution < -0.4 is 16.0 Å².